The molecule has 0 saturated carbocycles. The lowest BCUT2D eigenvalue weighted by molar-refractivity contribution is 0.188. The summed E-state index contributed by atoms with van der Waals surface area (Å²) >= 11 is 0. The first-order valence-electron chi connectivity index (χ1n) is 7.25. The predicted molar refractivity (Wildman–Crippen MR) is 82.1 cm³/mol. The van der Waals surface area contributed by atoms with E-state index in [1.165, 1.54) is 0 Å². The van der Waals surface area contributed by atoms with Crippen LogP contribution in [-0.4, -0.2) is 50.3 Å². The van der Waals surface area contributed by atoms with Crippen molar-refractivity contribution in [3.8, 4) is 6.07 Å². The maximum Gasteiger partial charge on any atom is 0.218 e. The van der Waals surface area contributed by atoms with E-state index in [9.17, 15) is 8.42 Å². The highest BCUT2D eigenvalue weighted by Crippen LogP contribution is 2.16. The molecule has 1 aromatic carbocycles. The van der Waals surface area contributed by atoms with Gasteiger partial charge in [-0.2, -0.15) is 9.57 Å². The molecule has 0 atom stereocenters. The first-order valence-corrected chi connectivity index (χ1v) is 8.86. The fraction of sp³-hybridized carbons (Fsp3) is 0.533. The molecular weight excluding hydrogens is 286 g/mol. The lowest BCUT2D eigenvalue weighted by Crippen LogP contribution is -2.49. The third-order valence-corrected chi connectivity index (χ3v) is 5.57. The number of nitriles is 1. The molecule has 1 aliphatic heterocycles. The Hall–Kier alpha value is -1.42. The van der Waals surface area contributed by atoms with Crippen molar-refractivity contribution in [2.45, 2.75) is 19.1 Å². The topological polar surface area (TPSA) is 64.4 Å². The number of sulfonamides is 1. The lowest BCUT2D eigenvalue weighted by atomic mass is 10.1. The Morgan fingerprint density at radius 2 is 1.86 bits per heavy atom. The lowest BCUT2D eigenvalue weighted by Gasteiger charge is -2.33. The minimum absolute atomic E-state index is 0.0927. The molecule has 1 fully saturated rings. The van der Waals surface area contributed by atoms with Crippen molar-refractivity contribution < 1.29 is 8.42 Å². The Kier molecular flexibility index (Phi) is 5.34. The molecule has 5 nitrogen and oxygen atoms in total. The fourth-order valence-corrected chi connectivity index (χ4v) is 4.14. The molecule has 0 aromatic heterocycles. The average Bonchev–Trinajstić information content (AvgIpc) is 2.48. The van der Waals surface area contributed by atoms with Crippen molar-refractivity contribution >= 4 is 10.0 Å². The van der Waals surface area contributed by atoms with Crippen LogP contribution in [0.15, 0.2) is 24.3 Å². The van der Waals surface area contributed by atoms with Crippen molar-refractivity contribution in [2.75, 3.05) is 32.7 Å². The third-order valence-electron chi connectivity index (χ3n) is 3.74. The molecular formula is C15H21N3O2S. The SMILES string of the molecule is CCCN1CCN(S(=O)(=O)Cc2ccccc2C#N)CC1. The van der Waals surface area contributed by atoms with Gasteiger partial charge in [0.05, 0.1) is 17.4 Å². The molecule has 0 N–H and O–H groups in total. The number of nitrogens with zero attached hydrogens (tertiary/aromatic N) is 3. The second-order valence-corrected chi connectivity index (χ2v) is 7.23. The van der Waals surface area contributed by atoms with Crippen LogP contribution in [0.5, 0.6) is 0 Å². The van der Waals surface area contributed by atoms with Crippen molar-refractivity contribution in [3.05, 3.63) is 35.4 Å². The van der Waals surface area contributed by atoms with Gasteiger partial charge in [-0.3, -0.25) is 0 Å². The van der Waals surface area contributed by atoms with E-state index in [0.29, 0.717) is 24.2 Å². The molecule has 1 saturated heterocycles. The highest BCUT2D eigenvalue weighted by molar-refractivity contribution is 7.88. The van der Waals surface area contributed by atoms with Crippen molar-refractivity contribution in [3.63, 3.8) is 0 Å². The predicted octanol–water partition coefficient (Wildman–Crippen LogP) is 1.42. The molecule has 1 aliphatic rings. The third kappa shape index (κ3) is 4.03. The fourth-order valence-electron chi connectivity index (χ4n) is 2.59. The zero-order chi connectivity index (χ0) is 15.3. The van der Waals surface area contributed by atoms with E-state index < -0.39 is 10.0 Å². The maximum absolute atomic E-state index is 12.5. The van der Waals surface area contributed by atoms with Crippen LogP contribution in [0.1, 0.15) is 24.5 Å². The van der Waals surface area contributed by atoms with Gasteiger partial charge in [-0.25, -0.2) is 8.42 Å². The smallest absolute Gasteiger partial charge is 0.218 e. The minimum Gasteiger partial charge on any atom is -0.301 e. The first kappa shape index (κ1) is 16.0. The molecule has 21 heavy (non-hydrogen) atoms. The van der Waals surface area contributed by atoms with Gasteiger partial charge in [0, 0.05) is 26.2 Å². The first-order chi connectivity index (χ1) is 10.1. The van der Waals surface area contributed by atoms with Gasteiger partial charge in [0.15, 0.2) is 0 Å². The molecule has 0 radical (unpaired) electrons. The van der Waals surface area contributed by atoms with Gasteiger partial charge < -0.3 is 4.90 Å². The zero-order valence-corrected chi connectivity index (χ0v) is 13.1. The Morgan fingerprint density at radius 1 is 1.19 bits per heavy atom. The number of hydrogen-bond acceptors (Lipinski definition) is 4. The van der Waals surface area contributed by atoms with E-state index in [2.05, 4.69) is 17.9 Å². The standard InChI is InChI=1S/C15H21N3O2S/c1-2-7-17-8-10-18(11-9-17)21(19,20)13-15-6-4-3-5-14(15)12-16/h3-6H,2,7-11,13H2,1H3. The summed E-state index contributed by atoms with van der Waals surface area (Å²) in [6.45, 7) is 5.79. The van der Waals surface area contributed by atoms with Gasteiger partial charge in [-0.05, 0) is 24.6 Å². The van der Waals surface area contributed by atoms with Crippen LogP contribution in [0.2, 0.25) is 0 Å². The van der Waals surface area contributed by atoms with Crippen LogP contribution in [0, 0.1) is 11.3 Å². The van der Waals surface area contributed by atoms with E-state index in [1.54, 1.807) is 28.6 Å². The minimum atomic E-state index is -3.35. The van der Waals surface area contributed by atoms with Crippen LogP contribution in [-0.2, 0) is 15.8 Å². The van der Waals surface area contributed by atoms with E-state index in [0.717, 1.165) is 26.1 Å². The maximum atomic E-state index is 12.5. The van der Waals surface area contributed by atoms with Crippen LogP contribution < -0.4 is 0 Å². The average molecular weight is 307 g/mol. The second-order valence-electron chi connectivity index (χ2n) is 5.27. The summed E-state index contributed by atoms with van der Waals surface area (Å²) in [6.07, 6.45) is 1.09. The molecule has 2 rings (SSSR count). The van der Waals surface area contributed by atoms with Crippen LogP contribution in [0.3, 0.4) is 0 Å². The summed E-state index contributed by atoms with van der Waals surface area (Å²) in [7, 11) is -3.35. The van der Waals surface area contributed by atoms with Crippen molar-refractivity contribution in [1.29, 1.82) is 5.26 Å². The molecule has 0 unspecified atom stereocenters. The molecule has 0 bridgehead atoms. The normalized spacial score (nSPS) is 17.5. The largest absolute Gasteiger partial charge is 0.301 e. The van der Waals surface area contributed by atoms with Gasteiger partial charge in [-0.15, -0.1) is 0 Å². The van der Waals surface area contributed by atoms with E-state index in [4.69, 9.17) is 5.26 Å². The number of benzene rings is 1. The van der Waals surface area contributed by atoms with Gasteiger partial charge in [0.2, 0.25) is 10.0 Å². The Labute approximate surface area is 126 Å². The number of piperazine rings is 1. The van der Waals surface area contributed by atoms with Crippen molar-refractivity contribution in [2.24, 2.45) is 0 Å². The summed E-state index contributed by atoms with van der Waals surface area (Å²) in [4.78, 5) is 2.29. The van der Waals surface area contributed by atoms with Crippen LogP contribution >= 0.6 is 0 Å². The monoisotopic (exact) mass is 307 g/mol. The summed E-state index contributed by atoms with van der Waals surface area (Å²) in [5.74, 6) is -0.0927. The van der Waals surface area contributed by atoms with Gasteiger partial charge in [0.1, 0.15) is 0 Å². The van der Waals surface area contributed by atoms with Crippen LogP contribution in [0.25, 0.3) is 0 Å². The Balaban J connectivity index is 2.05. The summed E-state index contributed by atoms with van der Waals surface area (Å²) < 4.78 is 26.5. The molecule has 1 heterocycles. The summed E-state index contributed by atoms with van der Waals surface area (Å²) in [5.41, 5.74) is 1.02. The summed E-state index contributed by atoms with van der Waals surface area (Å²) in [6, 6.07) is 8.94. The molecule has 0 spiro atoms. The zero-order valence-electron chi connectivity index (χ0n) is 12.3. The Morgan fingerprint density at radius 3 is 2.48 bits per heavy atom. The molecule has 6 heteroatoms. The molecule has 114 valence electrons. The molecule has 0 aliphatic carbocycles. The van der Waals surface area contributed by atoms with Gasteiger partial charge >= 0.3 is 0 Å². The van der Waals surface area contributed by atoms with E-state index >= 15 is 0 Å². The van der Waals surface area contributed by atoms with E-state index in [1.807, 2.05) is 0 Å². The van der Waals surface area contributed by atoms with Crippen LogP contribution in [0.4, 0.5) is 0 Å². The Bertz CT molecular complexity index is 614. The second kappa shape index (κ2) is 7.03. The molecule has 1 aromatic rings. The van der Waals surface area contributed by atoms with Crippen molar-refractivity contribution in [1.82, 2.24) is 9.21 Å². The number of rotatable bonds is 5. The highest BCUT2D eigenvalue weighted by Gasteiger charge is 2.27. The van der Waals surface area contributed by atoms with Gasteiger partial charge in [0.25, 0.3) is 0 Å². The van der Waals surface area contributed by atoms with Gasteiger partial charge in [-0.1, -0.05) is 25.1 Å². The highest BCUT2D eigenvalue weighted by atomic mass is 32.2. The quantitative estimate of drug-likeness (QED) is 0.825. The summed E-state index contributed by atoms with van der Waals surface area (Å²) in [5, 5.41) is 9.05. The van der Waals surface area contributed by atoms with E-state index in [-0.39, 0.29) is 5.75 Å². The molecule has 0 amide bonds. The number of hydrogen-bond donors (Lipinski definition) is 0.